The van der Waals surface area contributed by atoms with Gasteiger partial charge in [0.25, 0.3) is 5.91 Å². The second kappa shape index (κ2) is 10.7. The maximum atomic E-state index is 13.1. The molecule has 1 unspecified atom stereocenters. The molecule has 1 saturated heterocycles. The van der Waals surface area contributed by atoms with Crippen LogP contribution in [0.15, 0.2) is 28.7 Å². The van der Waals surface area contributed by atoms with Gasteiger partial charge in [0.05, 0.1) is 11.5 Å². The lowest BCUT2D eigenvalue weighted by atomic mass is 9.74. The van der Waals surface area contributed by atoms with Crippen molar-refractivity contribution in [1.29, 1.82) is 0 Å². The summed E-state index contributed by atoms with van der Waals surface area (Å²) in [6.45, 7) is 4.97. The summed E-state index contributed by atoms with van der Waals surface area (Å²) in [5, 5.41) is 9.53. The Bertz CT molecular complexity index is 1320. The molecular formula is C22H27N5O8S2. The minimum Gasteiger partial charge on any atom is -0.490 e. The minimum absolute atomic E-state index is 0.0405. The summed E-state index contributed by atoms with van der Waals surface area (Å²) in [5.74, 6) is -1.56. The molecule has 1 atom stereocenters. The SMILES string of the molecule is CC1(C)C(CC(=O)/C(=N\OCCOc2ccc3c(c2)CCNC3)c2csc(N)n2)C(=O)N1OS(=O)(=O)O. The molecule has 3 heterocycles. The van der Waals surface area contributed by atoms with Crippen LogP contribution in [0.1, 0.15) is 37.1 Å². The number of nitrogens with zero attached hydrogens (tertiary/aromatic N) is 3. The van der Waals surface area contributed by atoms with E-state index in [0.717, 1.165) is 30.8 Å². The molecule has 0 bridgehead atoms. The molecule has 1 aromatic carbocycles. The van der Waals surface area contributed by atoms with E-state index in [0.29, 0.717) is 10.8 Å². The van der Waals surface area contributed by atoms with E-state index in [4.69, 9.17) is 19.9 Å². The first-order chi connectivity index (χ1) is 17.5. The van der Waals surface area contributed by atoms with Crippen molar-refractivity contribution in [3.63, 3.8) is 0 Å². The molecule has 2 aliphatic heterocycles. The summed E-state index contributed by atoms with van der Waals surface area (Å²) in [4.78, 5) is 34.9. The standard InChI is InChI=1S/C22H27N5O8S2/c1-22(2)16(20(29)27(22)35-37(30,31)32)10-18(28)19(17-12-36-21(23)25-17)26-34-8-7-33-15-4-3-14-11-24-6-5-13(14)9-15/h3-4,9,12,16,24H,5-8,10-11H2,1-2H3,(H2,23,25)(H,30,31,32)/b26-19-. The molecule has 1 fully saturated rings. The Hall–Kier alpha value is -3.11. The summed E-state index contributed by atoms with van der Waals surface area (Å²) >= 11 is 1.11. The number of hydrogen-bond acceptors (Lipinski definition) is 12. The van der Waals surface area contributed by atoms with Gasteiger partial charge < -0.3 is 20.6 Å². The molecule has 0 aliphatic carbocycles. The van der Waals surface area contributed by atoms with E-state index in [2.05, 4.69) is 19.7 Å². The van der Waals surface area contributed by atoms with Crippen LogP contribution in [0.25, 0.3) is 0 Å². The second-order valence-corrected chi connectivity index (χ2v) is 10.9. The first-order valence-corrected chi connectivity index (χ1v) is 13.6. The first-order valence-electron chi connectivity index (χ1n) is 11.4. The zero-order valence-corrected chi connectivity index (χ0v) is 21.8. The number of rotatable bonds is 11. The van der Waals surface area contributed by atoms with E-state index in [1.54, 1.807) is 0 Å². The summed E-state index contributed by atoms with van der Waals surface area (Å²) in [6.07, 6.45) is 0.604. The Morgan fingerprint density at radius 1 is 1.35 bits per heavy atom. The molecule has 0 spiro atoms. The number of ketones is 1. The van der Waals surface area contributed by atoms with Gasteiger partial charge in [0.2, 0.25) is 0 Å². The Balaban J connectivity index is 1.38. The number of ether oxygens (including phenoxy) is 1. The van der Waals surface area contributed by atoms with Crippen LogP contribution in [0, 0.1) is 5.92 Å². The lowest BCUT2D eigenvalue weighted by molar-refractivity contribution is -0.228. The van der Waals surface area contributed by atoms with Gasteiger partial charge in [-0.05, 0) is 50.1 Å². The third kappa shape index (κ3) is 6.24. The highest BCUT2D eigenvalue weighted by Gasteiger charge is 2.57. The number of aromatic nitrogens is 1. The van der Waals surface area contributed by atoms with E-state index in [1.165, 1.54) is 30.4 Å². The molecule has 13 nitrogen and oxygen atoms in total. The van der Waals surface area contributed by atoms with Crippen molar-refractivity contribution in [1.82, 2.24) is 15.4 Å². The van der Waals surface area contributed by atoms with Gasteiger partial charge in [0.1, 0.15) is 18.1 Å². The van der Waals surface area contributed by atoms with E-state index in [-0.39, 0.29) is 36.2 Å². The molecule has 15 heteroatoms. The highest BCUT2D eigenvalue weighted by atomic mass is 32.3. The first kappa shape index (κ1) is 26.9. The maximum Gasteiger partial charge on any atom is 0.418 e. The number of oxime groups is 1. The van der Waals surface area contributed by atoms with Crippen LogP contribution in [0.5, 0.6) is 5.75 Å². The number of amides is 1. The number of hydrogen-bond donors (Lipinski definition) is 3. The highest BCUT2D eigenvalue weighted by molar-refractivity contribution is 7.80. The molecule has 1 aromatic heterocycles. The van der Waals surface area contributed by atoms with Crippen LogP contribution < -0.4 is 15.8 Å². The number of anilines is 1. The van der Waals surface area contributed by atoms with Crippen molar-refractivity contribution in [3.8, 4) is 5.75 Å². The molecular weight excluding hydrogens is 526 g/mol. The van der Waals surface area contributed by atoms with E-state index in [9.17, 15) is 18.0 Å². The van der Waals surface area contributed by atoms with Crippen molar-refractivity contribution in [2.24, 2.45) is 11.1 Å². The summed E-state index contributed by atoms with van der Waals surface area (Å²) < 4.78 is 41.0. The maximum absolute atomic E-state index is 13.1. The molecule has 1 amide bonds. The quantitative estimate of drug-likeness (QED) is 0.119. The van der Waals surface area contributed by atoms with Crippen LogP contribution in [-0.2, 0) is 42.1 Å². The van der Waals surface area contributed by atoms with Crippen LogP contribution in [0.2, 0.25) is 0 Å². The van der Waals surface area contributed by atoms with E-state index in [1.807, 2.05) is 18.2 Å². The Labute approximate surface area is 217 Å². The van der Waals surface area contributed by atoms with Crippen molar-refractivity contribution in [3.05, 3.63) is 40.4 Å². The lowest BCUT2D eigenvalue weighted by Gasteiger charge is -2.50. The molecule has 4 rings (SSSR count). The predicted molar refractivity (Wildman–Crippen MR) is 133 cm³/mol. The Morgan fingerprint density at radius 3 is 2.81 bits per heavy atom. The number of carbonyl (C=O) groups is 2. The molecule has 37 heavy (non-hydrogen) atoms. The van der Waals surface area contributed by atoms with Crippen LogP contribution in [0.4, 0.5) is 5.13 Å². The van der Waals surface area contributed by atoms with E-state index < -0.39 is 33.5 Å². The topological polar surface area (TPSA) is 183 Å². The fourth-order valence-corrected chi connectivity index (χ4v) is 5.14. The van der Waals surface area contributed by atoms with Gasteiger partial charge in [-0.1, -0.05) is 11.2 Å². The number of hydroxylamine groups is 2. The van der Waals surface area contributed by atoms with Gasteiger partial charge in [0.15, 0.2) is 23.2 Å². The number of nitrogens with two attached hydrogens (primary N) is 1. The third-order valence-corrected chi connectivity index (χ3v) is 7.14. The van der Waals surface area contributed by atoms with Crippen molar-refractivity contribution in [2.75, 3.05) is 25.5 Å². The summed E-state index contributed by atoms with van der Waals surface area (Å²) in [6, 6.07) is 5.90. The predicted octanol–water partition coefficient (Wildman–Crippen LogP) is 1.10. The number of β-lactam (4-membered cyclic amide) rings is 1. The smallest absolute Gasteiger partial charge is 0.418 e. The molecule has 2 aromatic rings. The van der Waals surface area contributed by atoms with Gasteiger partial charge in [-0.25, -0.2) is 4.98 Å². The normalized spacial score (nSPS) is 19.2. The fraction of sp³-hybridized carbons (Fsp3) is 0.455. The molecule has 0 radical (unpaired) electrons. The number of fused-ring (bicyclic) bond motifs is 1. The molecule has 0 saturated carbocycles. The lowest BCUT2D eigenvalue weighted by Crippen LogP contribution is -2.68. The number of thiazole rings is 1. The zero-order valence-electron chi connectivity index (χ0n) is 20.2. The molecule has 4 N–H and O–H groups in total. The third-order valence-electron chi connectivity index (χ3n) is 6.12. The average molecular weight is 554 g/mol. The van der Waals surface area contributed by atoms with Crippen molar-refractivity contribution in [2.45, 2.75) is 38.8 Å². The molecule has 200 valence electrons. The van der Waals surface area contributed by atoms with Gasteiger partial charge in [-0.3, -0.25) is 14.1 Å². The summed E-state index contributed by atoms with van der Waals surface area (Å²) in [7, 11) is -4.90. The van der Waals surface area contributed by atoms with Gasteiger partial charge >= 0.3 is 10.4 Å². The van der Waals surface area contributed by atoms with Crippen LogP contribution in [-0.4, -0.2) is 65.7 Å². The highest BCUT2D eigenvalue weighted by Crippen LogP contribution is 2.40. The van der Waals surface area contributed by atoms with E-state index >= 15 is 0 Å². The largest absolute Gasteiger partial charge is 0.490 e. The van der Waals surface area contributed by atoms with Gasteiger partial charge in [-0.15, -0.1) is 15.6 Å². The number of carbonyl (C=O) groups excluding carboxylic acids is 2. The van der Waals surface area contributed by atoms with Gasteiger partial charge in [0, 0.05) is 18.3 Å². The van der Waals surface area contributed by atoms with Gasteiger partial charge in [-0.2, -0.15) is 13.5 Å². The number of nitrogen functional groups attached to an aromatic ring is 1. The Morgan fingerprint density at radius 2 is 2.14 bits per heavy atom. The number of Topliss-reactive ketones (excluding diaryl/α,β-unsaturated/α-hetero) is 1. The van der Waals surface area contributed by atoms with Crippen molar-refractivity contribution < 1.29 is 36.4 Å². The van der Waals surface area contributed by atoms with Crippen LogP contribution in [0.3, 0.4) is 0 Å². The molecule has 2 aliphatic rings. The monoisotopic (exact) mass is 553 g/mol. The average Bonchev–Trinajstić information content (AvgIpc) is 3.27. The summed E-state index contributed by atoms with van der Waals surface area (Å²) in [5.41, 5.74) is 7.05. The van der Waals surface area contributed by atoms with Crippen molar-refractivity contribution >= 4 is 44.3 Å². The second-order valence-electron chi connectivity index (χ2n) is 9.02. The minimum atomic E-state index is -4.90. The fourth-order valence-electron chi connectivity index (χ4n) is 4.14. The van der Waals surface area contributed by atoms with Crippen LogP contribution >= 0.6 is 11.3 Å². The Kier molecular flexibility index (Phi) is 7.80. The number of benzene rings is 1. The number of nitrogens with one attached hydrogen (secondary N) is 1. The zero-order chi connectivity index (χ0) is 26.8.